The van der Waals surface area contributed by atoms with Crippen LogP contribution in [0.2, 0.25) is 0 Å². The second-order valence-corrected chi connectivity index (χ2v) is 10.5. The van der Waals surface area contributed by atoms with Crippen molar-refractivity contribution in [1.82, 2.24) is 14.9 Å². The highest BCUT2D eigenvalue weighted by Crippen LogP contribution is 2.44. The topological polar surface area (TPSA) is 68.6 Å². The SMILES string of the molecule is COC(=O)c1ccccc1-n1c(C)cc([C@H]2[C@H](c3ccccn3)NC(=S)N2c2ccc(Oc3ccccc3)cc2)c1C. The van der Waals surface area contributed by atoms with Crippen LogP contribution in [-0.4, -0.2) is 27.7 Å². The molecule has 210 valence electrons. The smallest absolute Gasteiger partial charge is 0.339 e. The molecule has 1 saturated heterocycles. The minimum atomic E-state index is -0.380. The Hall–Kier alpha value is -4.95. The molecule has 0 unspecified atom stereocenters. The lowest BCUT2D eigenvalue weighted by molar-refractivity contribution is 0.0600. The summed E-state index contributed by atoms with van der Waals surface area (Å²) in [4.78, 5) is 19.5. The number of rotatable bonds is 7. The van der Waals surface area contributed by atoms with Gasteiger partial charge < -0.3 is 24.3 Å². The lowest BCUT2D eigenvalue weighted by Gasteiger charge is -2.28. The molecule has 0 spiro atoms. The van der Waals surface area contributed by atoms with Gasteiger partial charge in [0.25, 0.3) is 0 Å². The predicted octanol–water partition coefficient (Wildman–Crippen LogP) is 7.25. The summed E-state index contributed by atoms with van der Waals surface area (Å²) >= 11 is 5.95. The standard InChI is InChI=1S/C34H30N4O3S/c1-22-21-28(23(2)37(22)30-15-8-7-13-27(30)33(39)40-3)32-31(29-14-9-10-20-35-29)36-34(42)38(32)24-16-18-26(19-17-24)41-25-11-5-4-6-12-25/h4-21,31-32H,1-3H3,(H,36,42)/t31-,32-/m0/s1. The Morgan fingerprint density at radius 3 is 2.29 bits per heavy atom. The summed E-state index contributed by atoms with van der Waals surface area (Å²) in [5, 5.41) is 4.14. The largest absolute Gasteiger partial charge is 0.465 e. The fraction of sp³-hybridized carbons (Fsp3) is 0.147. The number of ether oxygens (including phenoxy) is 2. The normalized spacial score (nSPS) is 16.3. The number of pyridine rings is 1. The summed E-state index contributed by atoms with van der Waals surface area (Å²) in [6.07, 6.45) is 1.80. The van der Waals surface area contributed by atoms with E-state index in [9.17, 15) is 4.79 Å². The van der Waals surface area contributed by atoms with Gasteiger partial charge >= 0.3 is 5.97 Å². The highest BCUT2D eigenvalue weighted by Gasteiger charge is 2.42. The molecule has 1 aliphatic heterocycles. The fourth-order valence-corrected chi connectivity index (χ4v) is 6.00. The van der Waals surface area contributed by atoms with Crippen molar-refractivity contribution in [1.29, 1.82) is 0 Å². The van der Waals surface area contributed by atoms with Crippen LogP contribution in [0.25, 0.3) is 5.69 Å². The van der Waals surface area contributed by atoms with Crippen molar-refractivity contribution in [2.24, 2.45) is 0 Å². The van der Waals surface area contributed by atoms with Crippen LogP contribution < -0.4 is 15.0 Å². The first-order valence-electron chi connectivity index (χ1n) is 13.7. The van der Waals surface area contributed by atoms with E-state index in [0.717, 1.165) is 45.5 Å². The average Bonchev–Trinajstić information content (AvgIpc) is 3.52. The summed E-state index contributed by atoms with van der Waals surface area (Å²) < 4.78 is 13.2. The van der Waals surface area contributed by atoms with E-state index in [1.807, 2.05) is 97.9 Å². The molecular formula is C34H30N4O3S. The van der Waals surface area contributed by atoms with E-state index < -0.39 is 0 Å². The molecule has 0 bridgehead atoms. The maximum absolute atomic E-state index is 12.7. The van der Waals surface area contributed by atoms with E-state index in [0.29, 0.717) is 10.7 Å². The predicted molar refractivity (Wildman–Crippen MR) is 167 cm³/mol. The fourth-order valence-electron chi connectivity index (χ4n) is 5.66. The van der Waals surface area contributed by atoms with Crippen molar-refractivity contribution in [3.05, 3.63) is 138 Å². The maximum atomic E-state index is 12.7. The van der Waals surface area contributed by atoms with Crippen LogP contribution in [0.4, 0.5) is 5.69 Å². The number of thiocarbonyl (C=S) groups is 1. The van der Waals surface area contributed by atoms with Crippen LogP contribution in [0.1, 0.15) is 45.1 Å². The summed E-state index contributed by atoms with van der Waals surface area (Å²) in [7, 11) is 1.40. The summed E-state index contributed by atoms with van der Waals surface area (Å²) in [5.41, 5.74) is 6.13. The number of nitrogens with zero attached hydrogens (tertiary/aromatic N) is 3. The van der Waals surface area contributed by atoms with Crippen LogP contribution in [0.5, 0.6) is 11.5 Å². The number of nitrogens with one attached hydrogen (secondary N) is 1. The highest BCUT2D eigenvalue weighted by molar-refractivity contribution is 7.80. The number of carbonyl (C=O) groups is 1. The molecule has 5 aromatic rings. The summed E-state index contributed by atoms with van der Waals surface area (Å²) in [6.45, 7) is 4.11. The first-order valence-corrected chi connectivity index (χ1v) is 14.1. The van der Waals surface area contributed by atoms with E-state index in [4.69, 9.17) is 21.7 Å². The Kier molecular flexibility index (Phi) is 7.46. The minimum absolute atomic E-state index is 0.205. The first kappa shape index (κ1) is 27.2. The van der Waals surface area contributed by atoms with E-state index >= 15 is 0 Å². The summed E-state index contributed by atoms with van der Waals surface area (Å²) in [6, 6.07) is 32.8. The minimum Gasteiger partial charge on any atom is -0.465 e. The van der Waals surface area contributed by atoms with Gasteiger partial charge in [-0.3, -0.25) is 4.98 Å². The molecule has 0 amide bonds. The Morgan fingerprint density at radius 1 is 0.881 bits per heavy atom. The monoisotopic (exact) mass is 574 g/mol. The second-order valence-electron chi connectivity index (χ2n) is 10.1. The molecular weight excluding hydrogens is 544 g/mol. The van der Waals surface area contributed by atoms with E-state index in [2.05, 4.69) is 32.8 Å². The third-order valence-corrected chi connectivity index (χ3v) is 7.85. The molecule has 0 saturated carbocycles. The molecule has 2 aromatic heterocycles. The molecule has 2 atom stereocenters. The number of esters is 1. The zero-order valence-corrected chi connectivity index (χ0v) is 24.3. The van der Waals surface area contributed by atoms with Gasteiger partial charge in [-0.05, 0) is 98.4 Å². The molecule has 1 fully saturated rings. The zero-order chi connectivity index (χ0) is 29.2. The number of carbonyl (C=O) groups excluding carboxylic acids is 1. The molecule has 3 aromatic carbocycles. The van der Waals surface area contributed by atoms with Gasteiger partial charge in [0, 0.05) is 23.3 Å². The van der Waals surface area contributed by atoms with Gasteiger partial charge in [-0.25, -0.2) is 4.79 Å². The number of anilines is 1. The summed E-state index contributed by atoms with van der Waals surface area (Å²) in [5.74, 6) is 1.13. The molecule has 0 radical (unpaired) electrons. The van der Waals surface area contributed by atoms with Gasteiger partial charge in [0.05, 0.1) is 36.1 Å². The van der Waals surface area contributed by atoms with Crippen molar-refractivity contribution < 1.29 is 14.3 Å². The number of aryl methyl sites for hydroxylation is 1. The Labute approximate surface area is 250 Å². The Bertz CT molecular complexity index is 1740. The molecule has 3 heterocycles. The van der Waals surface area contributed by atoms with E-state index in [1.165, 1.54) is 7.11 Å². The second kappa shape index (κ2) is 11.5. The molecule has 7 nitrogen and oxygen atoms in total. The third-order valence-electron chi connectivity index (χ3n) is 7.53. The molecule has 1 aliphatic rings. The van der Waals surface area contributed by atoms with Crippen LogP contribution in [-0.2, 0) is 4.74 Å². The average molecular weight is 575 g/mol. The molecule has 8 heteroatoms. The van der Waals surface area contributed by atoms with Crippen molar-refractivity contribution in [3.8, 4) is 17.2 Å². The maximum Gasteiger partial charge on any atom is 0.339 e. The number of benzene rings is 3. The number of hydrogen-bond acceptors (Lipinski definition) is 5. The van der Waals surface area contributed by atoms with Crippen molar-refractivity contribution in [3.63, 3.8) is 0 Å². The van der Waals surface area contributed by atoms with E-state index in [1.54, 1.807) is 12.3 Å². The number of aromatic nitrogens is 2. The number of methoxy groups -OCH3 is 1. The van der Waals surface area contributed by atoms with Crippen LogP contribution >= 0.6 is 12.2 Å². The van der Waals surface area contributed by atoms with Gasteiger partial charge in [-0.15, -0.1) is 0 Å². The molecule has 6 rings (SSSR count). The van der Waals surface area contributed by atoms with Crippen LogP contribution in [0, 0.1) is 13.8 Å². The van der Waals surface area contributed by atoms with Crippen LogP contribution in [0.15, 0.2) is 109 Å². The van der Waals surface area contributed by atoms with Gasteiger partial charge in [0.15, 0.2) is 5.11 Å². The number of para-hydroxylation sites is 2. The molecule has 0 aliphatic carbocycles. The quantitative estimate of drug-likeness (QED) is 0.162. The van der Waals surface area contributed by atoms with Crippen molar-refractivity contribution in [2.75, 3.05) is 12.0 Å². The van der Waals surface area contributed by atoms with Crippen molar-refractivity contribution >= 4 is 29.0 Å². The van der Waals surface area contributed by atoms with Crippen molar-refractivity contribution in [2.45, 2.75) is 25.9 Å². The van der Waals surface area contributed by atoms with Crippen LogP contribution in [0.3, 0.4) is 0 Å². The van der Waals surface area contributed by atoms with Gasteiger partial charge in [0.1, 0.15) is 11.5 Å². The van der Waals surface area contributed by atoms with Gasteiger partial charge in [-0.1, -0.05) is 36.4 Å². The van der Waals surface area contributed by atoms with Gasteiger partial charge in [-0.2, -0.15) is 0 Å². The highest BCUT2D eigenvalue weighted by atomic mass is 32.1. The molecule has 42 heavy (non-hydrogen) atoms. The third kappa shape index (κ3) is 5.01. The first-order chi connectivity index (χ1) is 20.5. The molecule has 1 N–H and O–H groups in total. The lowest BCUT2D eigenvalue weighted by Crippen LogP contribution is -2.29. The zero-order valence-electron chi connectivity index (χ0n) is 23.5. The Balaban J connectivity index is 1.44. The number of hydrogen-bond donors (Lipinski definition) is 1. The lowest BCUT2D eigenvalue weighted by atomic mass is 9.96. The van der Waals surface area contributed by atoms with E-state index in [-0.39, 0.29) is 18.1 Å². The van der Waals surface area contributed by atoms with Gasteiger partial charge in [0.2, 0.25) is 0 Å². The Morgan fingerprint density at radius 2 is 1.57 bits per heavy atom.